The summed E-state index contributed by atoms with van der Waals surface area (Å²) >= 11 is 3.25. The second kappa shape index (κ2) is 8.81. The van der Waals surface area contributed by atoms with Gasteiger partial charge in [0.1, 0.15) is 0 Å². The highest BCUT2D eigenvalue weighted by atomic mass is 32.1. The van der Waals surface area contributed by atoms with E-state index in [2.05, 4.69) is 13.8 Å². The molecule has 0 aliphatic carbocycles. The van der Waals surface area contributed by atoms with Gasteiger partial charge in [-0.05, 0) is 19.3 Å². The summed E-state index contributed by atoms with van der Waals surface area (Å²) < 4.78 is 37.0. The molecule has 0 saturated carbocycles. The average molecular weight is 467 g/mol. The van der Waals surface area contributed by atoms with Crippen LogP contribution in [0.3, 0.4) is 0 Å². The fourth-order valence-electron chi connectivity index (χ4n) is 3.92. The number of rotatable bonds is 0. The van der Waals surface area contributed by atoms with Crippen LogP contribution in [0.4, 0.5) is 0 Å². The minimum atomic E-state index is -0.187. The van der Waals surface area contributed by atoms with E-state index in [1.807, 2.05) is 10.8 Å². The molecule has 31 heavy (non-hydrogen) atoms. The van der Waals surface area contributed by atoms with Crippen LogP contribution in [0.5, 0.6) is 23.0 Å². The van der Waals surface area contributed by atoms with Crippen molar-refractivity contribution in [1.82, 2.24) is 0 Å². The highest BCUT2D eigenvalue weighted by Crippen LogP contribution is 2.54. The highest BCUT2D eigenvalue weighted by Gasteiger charge is 2.36. The lowest BCUT2D eigenvalue weighted by Crippen LogP contribution is -2.35. The first-order valence-electron chi connectivity index (χ1n) is 11.0. The van der Waals surface area contributed by atoms with Crippen LogP contribution >= 0.6 is 22.7 Å². The molecule has 3 aliphatic heterocycles. The average Bonchev–Trinajstić information content (AvgIpc) is 3.26. The van der Waals surface area contributed by atoms with Gasteiger partial charge in [-0.3, -0.25) is 0 Å². The summed E-state index contributed by atoms with van der Waals surface area (Å²) in [5, 5.41) is 4.06. The van der Waals surface area contributed by atoms with Crippen LogP contribution in [0, 0.1) is 10.8 Å². The van der Waals surface area contributed by atoms with Crippen molar-refractivity contribution in [2.45, 2.75) is 33.1 Å². The third kappa shape index (κ3) is 4.53. The molecule has 5 heterocycles. The first kappa shape index (κ1) is 21.4. The summed E-state index contributed by atoms with van der Waals surface area (Å²) in [6.07, 6.45) is 3.15. The molecule has 0 aromatic carbocycles. The molecule has 2 atom stereocenters. The number of thiophene rings is 2. The lowest BCUT2D eigenvalue weighted by atomic mass is 9.94. The number of fused-ring (bicyclic) bond motifs is 5. The normalized spacial score (nSPS) is 29.2. The summed E-state index contributed by atoms with van der Waals surface area (Å²) in [6, 6.07) is 0. The van der Waals surface area contributed by atoms with E-state index in [9.17, 15) is 0 Å². The van der Waals surface area contributed by atoms with Crippen molar-refractivity contribution in [3.05, 3.63) is 10.8 Å². The molecule has 8 heteroatoms. The van der Waals surface area contributed by atoms with E-state index in [0.29, 0.717) is 39.6 Å². The molecule has 170 valence electrons. The molecule has 0 spiro atoms. The number of ether oxygens (including phenoxy) is 6. The third-order valence-electron chi connectivity index (χ3n) is 5.89. The number of hydrogen-bond acceptors (Lipinski definition) is 8. The monoisotopic (exact) mass is 466 g/mol. The molecule has 2 aromatic heterocycles. The Morgan fingerprint density at radius 1 is 0.613 bits per heavy atom. The molecule has 2 aromatic rings. The van der Waals surface area contributed by atoms with Gasteiger partial charge in [0, 0.05) is 24.0 Å². The van der Waals surface area contributed by atoms with E-state index in [1.165, 1.54) is 0 Å². The topological polar surface area (TPSA) is 55.4 Å². The first-order chi connectivity index (χ1) is 15.1. The molecule has 6 nitrogen and oxygen atoms in total. The standard InChI is InChI=1S/C23H30O6S2/c1-22-10-24-6-4-3-5-7-25-11-23(2)13-27-17-9-31-21(19(17)29-15-23)20-18(28-14-22)16(8-30-20)26-12-22/h8-9H,3-7,10-15H2,1-2H3. The van der Waals surface area contributed by atoms with Gasteiger partial charge >= 0.3 is 0 Å². The van der Waals surface area contributed by atoms with Crippen molar-refractivity contribution in [2.24, 2.45) is 10.8 Å². The summed E-state index contributed by atoms with van der Waals surface area (Å²) in [5.74, 6) is 3.20. The molecule has 2 unspecified atom stereocenters. The van der Waals surface area contributed by atoms with Gasteiger partial charge < -0.3 is 28.4 Å². The smallest absolute Gasteiger partial charge is 0.180 e. The minimum Gasteiger partial charge on any atom is -0.488 e. The van der Waals surface area contributed by atoms with Crippen LogP contribution in [0.25, 0.3) is 9.75 Å². The Kier molecular flexibility index (Phi) is 6.07. The van der Waals surface area contributed by atoms with Gasteiger partial charge in [0.15, 0.2) is 23.0 Å². The van der Waals surface area contributed by atoms with E-state index in [0.717, 1.165) is 65.2 Å². The van der Waals surface area contributed by atoms with E-state index in [-0.39, 0.29) is 10.8 Å². The maximum Gasteiger partial charge on any atom is 0.180 e. The molecule has 4 bridgehead atoms. The zero-order chi connectivity index (χ0) is 21.3. The van der Waals surface area contributed by atoms with Crippen molar-refractivity contribution in [3.63, 3.8) is 0 Å². The van der Waals surface area contributed by atoms with Crippen molar-refractivity contribution < 1.29 is 28.4 Å². The Labute approximate surface area is 191 Å². The van der Waals surface area contributed by atoms with E-state index in [4.69, 9.17) is 28.4 Å². The summed E-state index contributed by atoms with van der Waals surface area (Å²) in [7, 11) is 0. The van der Waals surface area contributed by atoms with Crippen LogP contribution in [-0.2, 0) is 9.47 Å². The molecular weight excluding hydrogens is 436 g/mol. The molecule has 0 amide bonds. The van der Waals surface area contributed by atoms with E-state index < -0.39 is 0 Å². The molecule has 5 rings (SSSR count). The van der Waals surface area contributed by atoms with Crippen LogP contribution in [-0.4, -0.2) is 52.9 Å². The Bertz CT molecular complexity index is 836. The fraction of sp³-hybridized carbons (Fsp3) is 0.652. The fourth-order valence-corrected chi connectivity index (χ4v) is 5.94. The van der Waals surface area contributed by atoms with E-state index in [1.54, 1.807) is 22.7 Å². The Morgan fingerprint density at radius 2 is 1.06 bits per heavy atom. The minimum absolute atomic E-state index is 0.187. The van der Waals surface area contributed by atoms with Gasteiger partial charge in [-0.1, -0.05) is 13.8 Å². The van der Waals surface area contributed by atoms with Crippen LogP contribution in [0.2, 0.25) is 0 Å². The number of hydrogen-bond donors (Lipinski definition) is 0. The maximum atomic E-state index is 6.33. The second-order valence-corrected chi connectivity index (χ2v) is 11.2. The molecule has 0 N–H and O–H groups in total. The summed E-state index contributed by atoms with van der Waals surface area (Å²) in [5.41, 5.74) is -0.373. The van der Waals surface area contributed by atoms with Gasteiger partial charge in [-0.15, -0.1) is 22.7 Å². The van der Waals surface area contributed by atoms with Crippen LogP contribution in [0.15, 0.2) is 10.8 Å². The second-order valence-electron chi connectivity index (χ2n) is 9.46. The van der Waals surface area contributed by atoms with Gasteiger partial charge in [0.2, 0.25) is 0 Å². The zero-order valence-corrected chi connectivity index (χ0v) is 19.8. The largest absolute Gasteiger partial charge is 0.488 e. The SMILES string of the molecule is CC12COCCCCCOCC3(C)COc4csc(c4OC3)-c3scc(c3OC1)OC2. The van der Waals surface area contributed by atoms with Crippen molar-refractivity contribution in [3.8, 4) is 32.8 Å². The molecular formula is C23H30O6S2. The molecule has 0 radical (unpaired) electrons. The lowest BCUT2D eigenvalue weighted by Gasteiger charge is -2.26. The van der Waals surface area contributed by atoms with E-state index >= 15 is 0 Å². The Morgan fingerprint density at radius 3 is 1.55 bits per heavy atom. The van der Waals surface area contributed by atoms with Crippen molar-refractivity contribution >= 4 is 22.7 Å². The van der Waals surface area contributed by atoms with Gasteiger partial charge in [0.05, 0.1) is 60.2 Å². The highest BCUT2D eigenvalue weighted by molar-refractivity contribution is 7.21. The molecule has 0 saturated heterocycles. The third-order valence-corrected chi connectivity index (χ3v) is 7.94. The van der Waals surface area contributed by atoms with Gasteiger partial charge in [0.25, 0.3) is 0 Å². The Hall–Kier alpha value is -1.48. The zero-order valence-electron chi connectivity index (χ0n) is 18.2. The van der Waals surface area contributed by atoms with Gasteiger partial charge in [-0.25, -0.2) is 0 Å². The first-order valence-corrected chi connectivity index (χ1v) is 12.7. The van der Waals surface area contributed by atoms with Crippen molar-refractivity contribution in [2.75, 3.05) is 52.9 Å². The lowest BCUT2D eigenvalue weighted by molar-refractivity contribution is 0.00000735. The predicted octanol–water partition coefficient (Wildman–Crippen LogP) is 5.25. The van der Waals surface area contributed by atoms with Crippen molar-refractivity contribution in [1.29, 1.82) is 0 Å². The summed E-state index contributed by atoms with van der Waals surface area (Å²) in [6.45, 7) is 9.33. The Balaban J connectivity index is 1.45. The van der Waals surface area contributed by atoms with Crippen LogP contribution in [0.1, 0.15) is 33.1 Å². The maximum absolute atomic E-state index is 6.33. The molecule has 0 fully saturated rings. The quantitative estimate of drug-likeness (QED) is 0.529. The van der Waals surface area contributed by atoms with Crippen LogP contribution < -0.4 is 18.9 Å². The summed E-state index contributed by atoms with van der Waals surface area (Å²) in [4.78, 5) is 2.07. The van der Waals surface area contributed by atoms with Gasteiger partial charge in [-0.2, -0.15) is 0 Å². The molecule has 3 aliphatic rings. The predicted molar refractivity (Wildman–Crippen MR) is 121 cm³/mol.